The lowest BCUT2D eigenvalue weighted by Crippen LogP contribution is -2.39. The van der Waals surface area contributed by atoms with Gasteiger partial charge < -0.3 is 19.7 Å². The number of primary amides is 1. The summed E-state index contributed by atoms with van der Waals surface area (Å²) in [6.45, 7) is -0.0843. The zero-order valence-electron chi connectivity index (χ0n) is 25.4. The third-order valence-corrected chi connectivity index (χ3v) is 9.17. The molecule has 1 saturated heterocycles. The molecule has 0 bridgehead atoms. The predicted octanol–water partition coefficient (Wildman–Crippen LogP) is 5.36. The number of ether oxygens (including phenoxy) is 2. The maximum atomic E-state index is 14.7. The van der Waals surface area contributed by atoms with Gasteiger partial charge in [0.25, 0.3) is 5.91 Å². The Morgan fingerprint density at radius 1 is 0.936 bits per heavy atom. The van der Waals surface area contributed by atoms with Crippen molar-refractivity contribution in [3.63, 3.8) is 0 Å². The third-order valence-electron chi connectivity index (χ3n) is 7.61. The van der Waals surface area contributed by atoms with Crippen LogP contribution in [0.25, 0.3) is 10.8 Å². The van der Waals surface area contributed by atoms with Crippen molar-refractivity contribution >= 4 is 30.4 Å². The molecule has 3 N–H and O–H groups in total. The quantitative estimate of drug-likeness (QED) is 0.118. The minimum Gasteiger partial charge on any atom is -0.460 e. The monoisotopic (exact) mass is 655 g/mol. The van der Waals surface area contributed by atoms with Gasteiger partial charge in [-0.1, -0.05) is 97.1 Å². The molecular formula is C34H34N5O7P. The Labute approximate surface area is 271 Å². The number of hydrogen-bond acceptors (Lipinski definition) is 9. The Balaban J connectivity index is 1.24. The summed E-state index contributed by atoms with van der Waals surface area (Å²) in [5.41, 5.74) is 6.92. The fourth-order valence-electron chi connectivity index (χ4n) is 5.26. The van der Waals surface area contributed by atoms with E-state index in [9.17, 15) is 14.2 Å². The van der Waals surface area contributed by atoms with Gasteiger partial charge in [0.15, 0.2) is 6.23 Å². The first-order valence-corrected chi connectivity index (χ1v) is 16.7. The van der Waals surface area contributed by atoms with Gasteiger partial charge in [-0.15, -0.1) is 5.10 Å². The first-order valence-electron chi connectivity index (χ1n) is 15.2. The Hall–Kier alpha value is -4.87. The highest BCUT2D eigenvalue weighted by Gasteiger charge is 2.37. The number of aromatic nitrogens is 3. The molecule has 13 heteroatoms. The van der Waals surface area contributed by atoms with Gasteiger partial charge in [-0.3, -0.25) is 14.1 Å². The van der Waals surface area contributed by atoms with E-state index in [0.29, 0.717) is 18.6 Å². The van der Waals surface area contributed by atoms with E-state index in [0.717, 1.165) is 21.9 Å². The standard InChI is InChI=1S/C34H34N5O7P/c35-32(40)33-36-23-39(37-33)31-19-18-27(45-31)22-44-47(42,46-30-17-9-15-26-14-7-8-16-28(26)30)38-29(20-24-10-3-1-4-11-24)34(41)43-21-25-12-5-2-6-13-25/h1-17,23,27,29,31H,18-22H2,(H2,35,40)(H,38,42)/t27-,29-,31+,47?/m0/s1. The summed E-state index contributed by atoms with van der Waals surface area (Å²) in [7, 11) is -4.27. The number of amides is 1. The largest absolute Gasteiger partial charge is 0.460 e. The molecule has 47 heavy (non-hydrogen) atoms. The summed E-state index contributed by atoms with van der Waals surface area (Å²) in [4.78, 5) is 28.9. The van der Waals surface area contributed by atoms with E-state index in [2.05, 4.69) is 15.2 Å². The van der Waals surface area contributed by atoms with E-state index in [1.807, 2.05) is 91.0 Å². The lowest BCUT2D eigenvalue weighted by Gasteiger charge is -2.26. The first kappa shape index (κ1) is 32.1. The van der Waals surface area contributed by atoms with Crippen molar-refractivity contribution in [2.75, 3.05) is 6.61 Å². The number of carbonyl (C=O) groups is 2. The van der Waals surface area contributed by atoms with Crippen LogP contribution in [0, 0.1) is 0 Å². The summed E-state index contributed by atoms with van der Waals surface area (Å²) in [6, 6.07) is 30.5. The van der Waals surface area contributed by atoms with Crippen LogP contribution in [0.3, 0.4) is 0 Å². The van der Waals surface area contributed by atoms with Crippen LogP contribution >= 0.6 is 7.75 Å². The predicted molar refractivity (Wildman–Crippen MR) is 173 cm³/mol. The number of fused-ring (bicyclic) bond motifs is 1. The minimum absolute atomic E-state index is 0.0407. The summed E-state index contributed by atoms with van der Waals surface area (Å²) in [6.07, 6.45) is 1.60. The van der Waals surface area contributed by atoms with Crippen LogP contribution in [-0.4, -0.2) is 45.4 Å². The summed E-state index contributed by atoms with van der Waals surface area (Å²) >= 11 is 0. The first-order chi connectivity index (χ1) is 22.8. The molecule has 1 fully saturated rings. The van der Waals surface area contributed by atoms with Gasteiger partial charge in [0.05, 0.1) is 12.7 Å². The van der Waals surface area contributed by atoms with E-state index in [1.165, 1.54) is 11.0 Å². The molecule has 1 aliphatic heterocycles. The highest BCUT2D eigenvalue weighted by Crippen LogP contribution is 2.48. The second-order valence-electron chi connectivity index (χ2n) is 11.0. The maximum absolute atomic E-state index is 14.7. The van der Waals surface area contributed by atoms with Crippen LogP contribution in [0.4, 0.5) is 0 Å². The SMILES string of the molecule is NC(=O)c1ncn([C@H]2CC[C@@H](COP(=O)(N[C@@H](Cc3ccccc3)C(=O)OCc3ccccc3)Oc3cccc4ccccc34)O2)n1. The molecule has 2 heterocycles. The fourth-order valence-corrected chi connectivity index (χ4v) is 6.80. The molecule has 4 atom stereocenters. The zero-order valence-corrected chi connectivity index (χ0v) is 26.3. The van der Waals surface area contributed by atoms with E-state index < -0.39 is 38.0 Å². The van der Waals surface area contributed by atoms with E-state index in [-0.39, 0.29) is 25.5 Å². The van der Waals surface area contributed by atoms with E-state index in [1.54, 1.807) is 12.1 Å². The van der Waals surface area contributed by atoms with Gasteiger partial charge in [-0.25, -0.2) is 14.2 Å². The van der Waals surface area contributed by atoms with Crippen molar-refractivity contribution in [2.24, 2.45) is 5.73 Å². The molecule has 242 valence electrons. The third kappa shape index (κ3) is 8.30. The molecule has 1 aromatic heterocycles. The molecule has 0 aliphatic carbocycles. The second kappa shape index (κ2) is 14.7. The lowest BCUT2D eigenvalue weighted by molar-refractivity contribution is -0.147. The van der Waals surface area contributed by atoms with E-state index in [4.69, 9.17) is 24.3 Å². The van der Waals surface area contributed by atoms with Gasteiger partial charge >= 0.3 is 13.7 Å². The van der Waals surface area contributed by atoms with Gasteiger partial charge in [-0.05, 0) is 41.8 Å². The van der Waals surface area contributed by atoms with Crippen molar-refractivity contribution in [2.45, 2.75) is 44.2 Å². The average molecular weight is 656 g/mol. The van der Waals surface area contributed by atoms with Gasteiger partial charge in [-0.2, -0.15) is 5.09 Å². The molecule has 4 aromatic carbocycles. The zero-order chi connectivity index (χ0) is 32.6. The van der Waals surface area contributed by atoms with Crippen LogP contribution in [0.15, 0.2) is 109 Å². The van der Waals surface area contributed by atoms with Crippen molar-refractivity contribution < 1.29 is 32.7 Å². The Kier molecular flexibility index (Phi) is 10.0. The average Bonchev–Trinajstić information content (AvgIpc) is 3.78. The number of nitrogens with one attached hydrogen (secondary N) is 1. The molecule has 12 nitrogen and oxygen atoms in total. The number of carbonyl (C=O) groups excluding carboxylic acids is 2. The summed E-state index contributed by atoms with van der Waals surface area (Å²) in [5.74, 6) is -1.15. The maximum Gasteiger partial charge on any atom is 0.459 e. The van der Waals surface area contributed by atoms with Crippen LogP contribution < -0.4 is 15.3 Å². The second-order valence-corrected chi connectivity index (χ2v) is 12.7. The van der Waals surface area contributed by atoms with Crippen LogP contribution in [0.1, 0.15) is 40.8 Å². The van der Waals surface area contributed by atoms with Gasteiger partial charge in [0.1, 0.15) is 24.7 Å². The smallest absolute Gasteiger partial charge is 0.459 e. The van der Waals surface area contributed by atoms with E-state index >= 15 is 0 Å². The molecule has 1 unspecified atom stereocenters. The molecule has 0 radical (unpaired) electrons. The molecule has 6 rings (SSSR count). The van der Waals surface area contributed by atoms with Gasteiger partial charge in [0.2, 0.25) is 5.82 Å². The van der Waals surface area contributed by atoms with Crippen molar-refractivity contribution in [3.05, 3.63) is 126 Å². The molecule has 0 saturated carbocycles. The number of nitrogens with zero attached hydrogens (tertiary/aromatic N) is 3. The minimum atomic E-state index is -4.27. The molecular weight excluding hydrogens is 621 g/mol. The number of esters is 1. The number of nitrogens with two attached hydrogens (primary N) is 1. The van der Waals surface area contributed by atoms with Gasteiger partial charge in [0, 0.05) is 5.39 Å². The van der Waals surface area contributed by atoms with Crippen molar-refractivity contribution in [1.29, 1.82) is 0 Å². The topological polar surface area (TPSA) is 157 Å². The Bertz CT molecular complexity index is 1870. The number of rotatable bonds is 14. The molecule has 0 spiro atoms. The van der Waals surface area contributed by atoms with Crippen LogP contribution in [0.5, 0.6) is 5.75 Å². The Morgan fingerprint density at radius 2 is 1.64 bits per heavy atom. The molecule has 1 amide bonds. The fraction of sp³-hybridized carbons (Fsp3) is 0.235. The van der Waals surface area contributed by atoms with Crippen LogP contribution in [0.2, 0.25) is 0 Å². The van der Waals surface area contributed by atoms with Crippen molar-refractivity contribution in [3.8, 4) is 5.75 Å². The highest BCUT2D eigenvalue weighted by molar-refractivity contribution is 7.52. The summed E-state index contributed by atoms with van der Waals surface area (Å²) in [5, 5.41) is 8.59. The molecule has 5 aromatic rings. The normalized spacial score (nSPS) is 18.0. The lowest BCUT2D eigenvalue weighted by atomic mass is 10.1. The highest BCUT2D eigenvalue weighted by atomic mass is 31.2. The Morgan fingerprint density at radius 3 is 2.38 bits per heavy atom. The number of hydrogen-bond donors (Lipinski definition) is 2. The number of benzene rings is 4. The summed E-state index contributed by atoms with van der Waals surface area (Å²) < 4.78 is 40.1. The van der Waals surface area contributed by atoms with Crippen LogP contribution in [-0.2, 0) is 36.4 Å². The van der Waals surface area contributed by atoms with Crippen molar-refractivity contribution in [1.82, 2.24) is 19.9 Å². The molecule has 1 aliphatic rings.